The van der Waals surface area contributed by atoms with Gasteiger partial charge in [-0.3, -0.25) is 0 Å². The van der Waals surface area contributed by atoms with E-state index in [1.54, 1.807) is 18.2 Å². The van der Waals surface area contributed by atoms with E-state index in [1.165, 1.54) is 9.83 Å². The van der Waals surface area contributed by atoms with Crippen molar-refractivity contribution < 1.29 is 23.4 Å². The summed E-state index contributed by atoms with van der Waals surface area (Å²) < 4.78 is 24.4. The number of esters is 1. The number of hydrogen-bond donors (Lipinski definition) is 0. The summed E-state index contributed by atoms with van der Waals surface area (Å²) in [5.41, 5.74) is 2.02. The second-order valence-electron chi connectivity index (χ2n) is 6.49. The molecule has 0 radical (unpaired) electrons. The van der Waals surface area contributed by atoms with Gasteiger partial charge in [0.1, 0.15) is 6.61 Å². The van der Waals surface area contributed by atoms with Crippen LogP contribution in [-0.2, 0) is 16.1 Å². The summed E-state index contributed by atoms with van der Waals surface area (Å²) in [5, 5.41) is 0. The highest BCUT2D eigenvalue weighted by atomic mass is 127. The number of cyclic esters (lactones) is 1. The molecule has 0 bridgehead atoms. The molecule has 2 aromatic carbocycles. The summed E-state index contributed by atoms with van der Waals surface area (Å²) in [6, 6.07) is 15.3. The molecule has 0 amide bonds. The number of benzene rings is 2. The molecule has 4 rings (SSSR count). The summed E-state index contributed by atoms with van der Waals surface area (Å²) in [4.78, 5) is 16.5. The average molecular weight is 641 g/mol. The molecule has 0 saturated heterocycles. The third-order valence-corrected chi connectivity index (χ3v) is 5.80. The van der Waals surface area contributed by atoms with Crippen LogP contribution in [0.3, 0.4) is 0 Å². The zero-order valence-corrected chi connectivity index (χ0v) is 20.7. The predicted octanol–water partition coefficient (Wildman–Crippen LogP) is 5.81. The van der Waals surface area contributed by atoms with Crippen LogP contribution in [0, 0.1) is 7.14 Å². The van der Waals surface area contributed by atoms with Crippen molar-refractivity contribution in [2.45, 2.75) is 13.5 Å². The minimum absolute atomic E-state index is 0.151. The van der Waals surface area contributed by atoms with Gasteiger partial charge in [0.2, 0.25) is 0 Å². The Morgan fingerprint density at radius 1 is 1.10 bits per heavy atom. The Morgan fingerprint density at radius 3 is 2.61 bits per heavy atom. The third kappa shape index (κ3) is 5.29. The lowest BCUT2D eigenvalue weighted by Gasteiger charge is -2.15. The fourth-order valence-electron chi connectivity index (χ4n) is 2.88. The lowest BCUT2D eigenvalue weighted by molar-refractivity contribution is -0.130. The molecular weight excluding hydrogens is 624 g/mol. The van der Waals surface area contributed by atoms with Crippen LogP contribution >= 0.6 is 45.2 Å². The Balaban J connectivity index is 1.60. The van der Waals surface area contributed by atoms with Gasteiger partial charge in [-0.25, -0.2) is 9.79 Å². The minimum Gasteiger partial charge on any atom is -0.490 e. The van der Waals surface area contributed by atoms with Crippen molar-refractivity contribution in [3.63, 3.8) is 0 Å². The van der Waals surface area contributed by atoms with Crippen LogP contribution in [0.1, 0.15) is 23.8 Å². The molecule has 0 fully saturated rings. The number of aliphatic imine (C=N–C) groups is 1. The maximum absolute atomic E-state index is 12.2. The normalized spacial score (nSPS) is 14.5. The van der Waals surface area contributed by atoms with Crippen molar-refractivity contribution in [3.05, 3.63) is 84.5 Å². The number of nitrogens with zero attached hydrogens (tertiary/aromatic N) is 1. The molecule has 31 heavy (non-hydrogen) atoms. The van der Waals surface area contributed by atoms with Gasteiger partial charge in [0.25, 0.3) is 5.90 Å². The third-order valence-electron chi connectivity index (χ3n) is 4.28. The molecule has 0 saturated carbocycles. The first-order valence-electron chi connectivity index (χ1n) is 9.43. The van der Waals surface area contributed by atoms with Gasteiger partial charge in [0, 0.05) is 3.57 Å². The molecule has 1 aromatic heterocycles. The van der Waals surface area contributed by atoms with Crippen molar-refractivity contribution in [2.75, 3.05) is 6.61 Å². The summed E-state index contributed by atoms with van der Waals surface area (Å²) in [7, 11) is 0. The van der Waals surface area contributed by atoms with Crippen molar-refractivity contribution in [1.29, 1.82) is 0 Å². The number of furan rings is 1. The van der Waals surface area contributed by atoms with Gasteiger partial charge in [0.05, 0.1) is 16.4 Å². The maximum atomic E-state index is 12.2. The number of carbonyl (C=O) groups is 1. The van der Waals surface area contributed by atoms with Gasteiger partial charge in [0.15, 0.2) is 23.0 Å². The highest BCUT2D eigenvalue weighted by Gasteiger charge is 2.26. The summed E-state index contributed by atoms with van der Waals surface area (Å²) in [6.07, 6.45) is 3.16. The van der Waals surface area contributed by atoms with Crippen molar-refractivity contribution >= 4 is 63.1 Å². The van der Waals surface area contributed by atoms with E-state index >= 15 is 0 Å². The second kappa shape index (κ2) is 9.86. The molecule has 0 spiro atoms. The Morgan fingerprint density at radius 2 is 1.90 bits per heavy atom. The molecule has 3 aromatic rings. The molecule has 6 nitrogen and oxygen atoms in total. The van der Waals surface area contributed by atoms with Crippen LogP contribution in [0.25, 0.3) is 6.08 Å². The van der Waals surface area contributed by atoms with E-state index in [9.17, 15) is 4.79 Å². The van der Waals surface area contributed by atoms with Gasteiger partial charge < -0.3 is 18.6 Å². The first-order valence-corrected chi connectivity index (χ1v) is 11.6. The number of ether oxygens (including phenoxy) is 3. The Hall–Kier alpha value is -2.34. The molecule has 1 aliphatic rings. The lowest BCUT2D eigenvalue weighted by Crippen LogP contribution is -2.04. The van der Waals surface area contributed by atoms with Crippen LogP contribution in [0.5, 0.6) is 11.5 Å². The summed E-state index contributed by atoms with van der Waals surface area (Å²) in [6.45, 7) is 2.82. The van der Waals surface area contributed by atoms with Gasteiger partial charge in [-0.15, -0.1) is 0 Å². The summed E-state index contributed by atoms with van der Waals surface area (Å²) in [5.74, 6) is 1.29. The lowest BCUT2D eigenvalue weighted by atomic mass is 10.1. The van der Waals surface area contributed by atoms with Gasteiger partial charge in [-0.1, -0.05) is 12.1 Å². The Labute approximate surface area is 206 Å². The smallest absolute Gasteiger partial charge is 0.363 e. The van der Waals surface area contributed by atoms with Crippen LogP contribution in [0.2, 0.25) is 0 Å². The topological polar surface area (TPSA) is 70.3 Å². The van der Waals surface area contributed by atoms with E-state index in [4.69, 9.17) is 18.6 Å². The molecule has 2 heterocycles. The van der Waals surface area contributed by atoms with E-state index in [1.807, 2.05) is 43.3 Å². The molecule has 0 atom stereocenters. The molecule has 0 aliphatic carbocycles. The molecule has 8 heteroatoms. The van der Waals surface area contributed by atoms with Crippen LogP contribution in [0.4, 0.5) is 0 Å². The largest absolute Gasteiger partial charge is 0.490 e. The maximum Gasteiger partial charge on any atom is 0.363 e. The van der Waals surface area contributed by atoms with E-state index in [0.29, 0.717) is 30.5 Å². The molecule has 158 valence electrons. The van der Waals surface area contributed by atoms with Crippen molar-refractivity contribution in [3.8, 4) is 11.5 Å². The highest BCUT2D eigenvalue weighted by Crippen LogP contribution is 2.36. The number of hydrogen-bond acceptors (Lipinski definition) is 6. The van der Waals surface area contributed by atoms with Gasteiger partial charge in [-0.05, 0) is 106 Å². The average Bonchev–Trinajstić information content (AvgIpc) is 3.39. The molecular formula is C23H17I2NO5. The van der Waals surface area contributed by atoms with Crippen molar-refractivity contribution in [1.82, 2.24) is 0 Å². The second-order valence-corrected chi connectivity index (χ2v) is 8.90. The van der Waals surface area contributed by atoms with Gasteiger partial charge >= 0.3 is 5.97 Å². The molecule has 0 unspecified atom stereocenters. The van der Waals surface area contributed by atoms with Gasteiger partial charge in [-0.2, -0.15) is 0 Å². The first kappa shape index (κ1) is 21.9. The highest BCUT2D eigenvalue weighted by molar-refractivity contribution is 14.1. The van der Waals surface area contributed by atoms with Crippen LogP contribution in [-0.4, -0.2) is 18.5 Å². The number of rotatable bonds is 7. The number of halogens is 2. The quantitative estimate of drug-likeness (QED) is 0.185. The van der Waals surface area contributed by atoms with E-state index < -0.39 is 5.97 Å². The minimum atomic E-state index is -0.529. The monoisotopic (exact) mass is 641 g/mol. The van der Waals surface area contributed by atoms with Crippen LogP contribution < -0.4 is 9.47 Å². The Kier molecular flexibility index (Phi) is 6.96. The SMILES string of the molecule is CCOc1cc(/C=C2\N=C(c3ccco3)OC2=O)cc(I)c1OCc1ccc(I)cc1. The first-order chi connectivity index (χ1) is 15.0. The Bertz CT molecular complexity index is 1150. The van der Waals surface area contributed by atoms with E-state index in [-0.39, 0.29) is 11.6 Å². The zero-order chi connectivity index (χ0) is 21.8. The molecule has 0 N–H and O–H groups in total. The van der Waals surface area contributed by atoms with E-state index in [0.717, 1.165) is 14.7 Å². The standard InChI is InChI=1S/C23H17I2NO5/c1-2-28-20-12-15(11-18-23(27)31-22(26-18)19-4-3-9-29-19)10-17(25)21(20)30-13-14-5-7-16(24)8-6-14/h3-12H,2,13H2,1H3/b18-11-. The fraction of sp³-hybridized carbons (Fsp3) is 0.130. The van der Waals surface area contributed by atoms with E-state index in [2.05, 4.69) is 50.2 Å². The molecule has 1 aliphatic heterocycles. The number of carbonyl (C=O) groups excluding carboxylic acids is 1. The summed E-state index contributed by atoms with van der Waals surface area (Å²) >= 11 is 4.47. The van der Waals surface area contributed by atoms with Crippen LogP contribution in [0.15, 0.2) is 69.9 Å². The predicted molar refractivity (Wildman–Crippen MR) is 133 cm³/mol. The zero-order valence-electron chi connectivity index (χ0n) is 16.4. The van der Waals surface area contributed by atoms with Crippen molar-refractivity contribution in [2.24, 2.45) is 4.99 Å². The fourth-order valence-corrected chi connectivity index (χ4v) is 4.02.